The van der Waals surface area contributed by atoms with Crippen molar-refractivity contribution in [3.8, 4) is 0 Å². The molecule has 0 radical (unpaired) electrons. The van der Waals surface area contributed by atoms with Crippen molar-refractivity contribution in [1.29, 1.82) is 0 Å². The number of fused-ring (bicyclic) bond motifs is 1. The van der Waals surface area contributed by atoms with Crippen LogP contribution in [0.4, 0.5) is 0 Å². The Morgan fingerprint density at radius 3 is 1.50 bits per heavy atom. The Balaban J connectivity index is 1.91. The molecule has 0 aromatic rings. The topological polar surface area (TPSA) is 60.7 Å². The minimum atomic E-state index is -1.97. The molecule has 0 amide bonds. The molecule has 0 aromatic heterocycles. The van der Waals surface area contributed by atoms with Crippen molar-refractivity contribution in [3.63, 3.8) is 0 Å². The Hall–Kier alpha value is 0.00987. The van der Waals surface area contributed by atoms with Crippen molar-refractivity contribution < 1.29 is 15.3 Å². The molecule has 3 N–H and O–H groups in total. The molecule has 76 valence electrons. The number of hydrogen-bond donors (Lipinski definition) is 3. The van der Waals surface area contributed by atoms with Gasteiger partial charge in [0.2, 0.25) is 0 Å². The van der Waals surface area contributed by atoms with E-state index in [1.54, 1.807) is 7.85 Å². The molecule has 0 aromatic carbocycles. The van der Waals surface area contributed by atoms with Crippen molar-refractivity contribution in [1.82, 2.24) is 0 Å². The van der Waals surface area contributed by atoms with Gasteiger partial charge in [0.25, 0.3) is 0 Å². The first-order valence-electron chi connectivity index (χ1n) is 5.45. The van der Waals surface area contributed by atoms with Gasteiger partial charge in [-0.3, -0.25) is 0 Å². The Morgan fingerprint density at radius 2 is 1.29 bits per heavy atom. The van der Waals surface area contributed by atoms with E-state index in [-0.39, 0.29) is 5.92 Å². The van der Waals surface area contributed by atoms with Gasteiger partial charge in [0.15, 0.2) is 7.85 Å². The summed E-state index contributed by atoms with van der Waals surface area (Å²) in [5, 5.41) is 29.4. The van der Waals surface area contributed by atoms with Gasteiger partial charge in [0.05, 0.1) is 5.50 Å². The van der Waals surface area contributed by atoms with Crippen molar-refractivity contribution in [2.75, 3.05) is 0 Å². The van der Waals surface area contributed by atoms with Crippen LogP contribution in [0.2, 0.25) is 0 Å². The Bertz CT molecular complexity index is 282. The monoisotopic (exact) mass is 194 g/mol. The minimum Gasteiger partial charge on any atom is -0.394 e. The van der Waals surface area contributed by atoms with Crippen LogP contribution in [-0.4, -0.2) is 42.2 Å². The molecule has 5 heteroatoms. The fourth-order valence-corrected chi connectivity index (χ4v) is 3.93. The maximum Gasteiger partial charge on any atom is 0.180 e. The summed E-state index contributed by atoms with van der Waals surface area (Å²) in [6.45, 7) is 0. The summed E-state index contributed by atoms with van der Waals surface area (Å²) in [6, 6.07) is 0. The van der Waals surface area contributed by atoms with Gasteiger partial charge in [-0.2, -0.15) is 0 Å². The summed E-state index contributed by atoms with van der Waals surface area (Å²) < 4.78 is 0. The predicted octanol–water partition coefficient (Wildman–Crippen LogP) is -2.23. The second kappa shape index (κ2) is 1.95. The first-order chi connectivity index (χ1) is 6.28. The zero-order valence-corrected chi connectivity index (χ0v) is 8.75. The summed E-state index contributed by atoms with van der Waals surface area (Å²) in [6.07, 6.45) is 4.68. The van der Waals surface area contributed by atoms with Crippen LogP contribution in [0.3, 0.4) is 0 Å². The van der Waals surface area contributed by atoms with E-state index >= 15 is 0 Å². The minimum absolute atomic E-state index is 0.113. The fourth-order valence-electron chi connectivity index (χ4n) is 3.93. The highest BCUT2D eigenvalue weighted by molar-refractivity contribution is 6.24. The van der Waals surface area contributed by atoms with Crippen molar-refractivity contribution >= 4 is 15.7 Å². The highest BCUT2D eigenvalue weighted by Gasteiger charge is 2.90. The van der Waals surface area contributed by atoms with Crippen LogP contribution in [0.15, 0.2) is 0 Å². The Morgan fingerprint density at radius 1 is 0.929 bits per heavy atom. The normalized spacial score (nSPS) is 39.5. The molecule has 3 aliphatic rings. The van der Waals surface area contributed by atoms with Gasteiger partial charge in [0, 0.05) is 0 Å². The van der Waals surface area contributed by atoms with E-state index in [0.717, 1.165) is 0 Å². The zero-order valence-electron chi connectivity index (χ0n) is 8.75. The highest BCUT2D eigenvalue weighted by atomic mass is 16.5. The fraction of sp³-hybridized carbons (Fsp3) is 1.00. The first kappa shape index (κ1) is 9.25. The van der Waals surface area contributed by atoms with Crippen molar-refractivity contribution in [2.45, 2.75) is 36.9 Å². The summed E-state index contributed by atoms with van der Waals surface area (Å²) in [5.41, 5.74) is -2.73. The molecular weight excluding hydrogens is 178 g/mol. The predicted molar refractivity (Wildman–Crippen MR) is 56.0 cm³/mol. The molecule has 3 rings (SSSR count). The third-order valence-electron chi connectivity index (χ3n) is 5.11. The first-order valence-corrected chi connectivity index (χ1v) is 5.45. The molecule has 3 saturated carbocycles. The Labute approximate surface area is 85.3 Å². The molecule has 0 aliphatic heterocycles. The van der Waals surface area contributed by atoms with Gasteiger partial charge in [-0.15, -0.1) is 0 Å². The second-order valence-corrected chi connectivity index (χ2v) is 5.91. The maximum atomic E-state index is 10.2. The smallest absolute Gasteiger partial charge is 0.180 e. The lowest BCUT2D eigenvalue weighted by Gasteiger charge is -2.36. The summed E-state index contributed by atoms with van der Waals surface area (Å²) in [5.74, 6) is 0.113. The SMILES string of the molecule is BC(O)(O)C(B)(O)C1C2(CC2)C12CC2. The average Bonchev–Trinajstić information content (AvgIpc) is 2.79. The number of hydrogen-bond acceptors (Lipinski definition) is 3. The van der Waals surface area contributed by atoms with Crippen LogP contribution in [0.25, 0.3) is 0 Å². The van der Waals surface area contributed by atoms with Crippen LogP contribution >= 0.6 is 0 Å². The molecule has 1 unspecified atom stereocenters. The van der Waals surface area contributed by atoms with Crippen LogP contribution < -0.4 is 0 Å². The van der Waals surface area contributed by atoms with Crippen LogP contribution in [0.1, 0.15) is 25.7 Å². The molecular formula is C9H16B2O3. The van der Waals surface area contributed by atoms with Crippen LogP contribution in [0.5, 0.6) is 0 Å². The molecule has 2 spiro atoms. The molecule has 3 nitrogen and oxygen atoms in total. The quantitative estimate of drug-likeness (QED) is 0.344. The van der Waals surface area contributed by atoms with E-state index in [0.29, 0.717) is 10.8 Å². The van der Waals surface area contributed by atoms with Gasteiger partial charge in [0.1, 0.15) is 13.5 Å². The van der Waals surface area contributed by atoms with Gasteiger partial charge in [-0.05, 0) is 42.4 Å². The van der Waals surface area contributed by atoms with Gasteiger partial charge in [-0.25, -0.2) is 0 Å². The van der Waals surface area contributed by atoms with E-state index in [1.807, 2.05) is 0 Å². The van der Waals surface area contributed by atoms with E-state index in [2.05, 4.69) is 0 Å². The van der Waals surface area contributed by atoms with E-state index < -0.39 is 11.2 Å². The molecule has 3 fully saturated rings. The van der Waals surface area contributed by atoms with Crippen LogP contribution in [-0.2, 0) is 0 Å². The molecule has 1 atom stereocenters. The molecule has 0 saturated heterocycles. The zero-order chi connectivity index (χ0) is 10.4. The summed E-state index contributed by atoms with van der Waals surface area (Å²) in [7, 11) is 2.86. The standard InChI is InChI=1S/C9H16B2O3/c10-8(12,9(11,13)14)5-6(1-2-6)7(5)3-4-7/h5,12-14H,1-4,10-11H2. The third kappa shape index (κ3) is 0.752. The highest BCUT2D eigenvalue weighted by Crippen LogP contribution is 2.94. The van der Waals surface area contributed by atoms with Crippen molar-refractivity contribution in [3.05, 3.63) is 0 Å². The van der Waals surface area contributed by atoms with Gasteiger partial charge >= 0.3 is 0 Å². The van der Waals surface area contributed by atoms with Gasteiger partial charge < -0.3 is 15.3 Å². The molecule has 0 heterocycles. The molecule has 3 aliphatic carbocycles. The lowest BCUT2D eigenvalue weighted by Crippen LogP contribution is -2.58. The Kier molecular flexibility index (Phi) is 1.29. The number of aliphatic hydroxyl groups is 3. The molecule has 0 bridgehead atoms. The number of rotatable bonds is 2. The lowest BCUT2D eigenvalue weighted by molar-refractivity contribution is -0.192. The van der Waals surface area contributed by atoms with Crippen LogP contribution in [0, 0.1) is 16.7 Å². The van der Waals surface area contributed by atoms with Gasteiger partial charge in [-0.1, -0.05) is 0 Å². The van der Waals surface area contributed by atoms with Crippen molar-refractivity contribution in [2.24, 2.45) is 16.7 Å². The summed E-state index contributed by atoms with van der Waals surface area (Å²) in [4.78, 5) is 0. The summed E-state index contributed by atoms with van der Waals surface area (Å²) >= 11 is 0. The maximum absolute atomic E-state index is 10.2. The molecule has 14 heavy (non-hydrogen) atoms. The second-order valence-electron chi connectivity index (χ2n) is 5.91. The van der Waals surface area contributed by atoms with E-state index in [1.165, 1.54) is 33.5 Å². The average molecular weight is 194 g/mol. The largest absolute Gasteiger partial charge is 0.394 e. The van der Waals surface area contributed by atoms with E-state index in [9.17, 15) is 15.3 Å². The van der Waals surface area contributed by atoms with E-state index in [4.69, 9.17) is 0 Å². The lowest BCUT2D eigenvalue weighted by atomic mass is 9.62. The third-order valence-corrected chi connectivity index (χ3v) is 5.11.